The number of piperidine rings is 1. The van der Waals surface area contributed by atoms with Gasteiger partial charge in [0.1, 0.15) is 4.75 Å². The van der Waals surface area contributed by atoms with Crippen LogP contribution in [0.1, 0.15) is 45.2 Å². The Morgan fingerprint density at radius 2 is 1.87 bits per heavy atom. The van der Waals surface area contributed by atoms with Gasteiger partial charge in [-0.2, -0.15) is 0 Å². The van der Waals surface area contributed by atoms with Crippen LogP contribution in [0.5, 0.6) is 0 Å². The Hall–Kier alpha value is -1.24. The summed E-state index contributed by atoms with van der Waals surface area (Å²) in [6.45, 7) is 6.92. The summed E-state index contributed by atoms with van der Waals surface area (Å²) in [5, 5.41) is 9.09. The van der Waals surface area contributed by atoms with Crippen molar-refractivity contribution in [3.05, 3.63) is 35.9 Å². The predicted molar refractivity (Wildman–Crippen MR) is 92.5 cm³/mol. The van der Waals surface area contributed by atoms with Gasteiger partial charge in [-0.05, 0) is 45.1 Å². The third-order valence-corrected chi connectivity index (χ3v) is 5.81. The summed E-state index contributed by atoms with van der Waals surface area (Å²) >= 11 is -1.17. The van der Waals surface area contributed by atoms with Crippen molar-refractivity contribution in [3.8, 4) is 0 Å². The van der Waals surface area contributed by atoms with Gasteiger partial charge in [0.2, 0.25) is 0 Å². The van der Waals surface area contributed by atoms with Gasteiger partial charge in [0.25, 0.3) is 0 Å². The fourth-order valence-electron chi connectivity index (χ4n) is 2.81. The molecule has 6 heteroatoms. The van der Waals surface area contributed by atoms with E-state index in [2.05, 4.69) is 4.72 Å². The maximum absolute atomic E-state index is 12.6. The van der Waals surface area contributed by atoms with E-state index in [1.807, 2.05) is 51.1 Å². The van der Waals surface area contributed by atoms with Gasteiger partial charge in [0.15, 0.2) is 0 Å². The fraction of sp³-hybridized carbons (Fsp3) is 0.588. The molecule has 0 aliphatic carbocycles. The molecule has 2 N–H and O–H groups in total. The summed E-state index contributed by atoms with van der Waals surface area (Å²) in [6.07, 6.45) is 0.700. The Morgan fingerprint density at radius 3 is 2.35 bits per heavy atom. The average Bonchev–Trinajstić information content (AvgIpc) is 2.52. The summed E-state index contributed by atoms with van der Waals surface area (Å²) in [5.74, 6) is 0.277. The number of hydrogen-bond donors (Lipinski definition) is 2. The van der Waals surface area contributed by atoms with Crippen LogP contribution in [0.3, 0.4) is 0 Å². The molecular weight excluding hydrogens is 312 g/mol. The van der Waals surface area contributed by atoms with E-state index in [0.717, 1.165) is 18.4 Å². The van der Waals surface area contributed by atoms with Crippen LogP contribution in [-0.4, -0.2) is 38.5 Å². The number of nitrogens with one attached hydrogen (secondary N) is 1. The second-order valence-electron chi connectivity index (χ2n) is 6.99. The van der Waals surface area contributed by atoms with E-state index in [9.17, 15) is 9.35 Å². The Labute approximate surface area is 141 Å². The minimum atomic E-state index is -1.17. The van der Waals surface area contributed by atoms with Gasteiger partial charge in [-0.1, -0.05) is 30.3 Å². The lowest BCUT2D eigenvalue weighted by Gasteiger charge is -2.36. The number of benzene rings is 1. The Bertz CT molecular complexity index is 510. The molecular formula is C17H26N2O3S. The first-order valence-corrected chi connectivity index (χ1v) is 9.15. The highest BCUT2D eigenvalue weighted by Gasteiger charge is 2.35. The molecule has 1 aromatic carbocycles. The van der Waals surface area contributed by atoms with E-state index in [-0.39, 0.29) is 16.7 Å². The summed E-state index contributed by atoms with van der Waals surface area (Å²) < 4.78 is 15.5. The van der Waals surface area contributed by atoms with E-state index >= 15 is 0 Å². The van der Waals surface area contributed by atoms with E-state index in [1.54, 1.807) is 0 Å². The zero-order chi connectivity index (χ0) is 17.0. The smallest absolute Gasteiger partial charge is 0.407 e. The topological polar surface area (TPSA) is 75.6 Å². The van der Waals surface area contributed by atoms with Gasteiger partial charge in [-0.15, -0.1) is 4.72 Å². The quantitative estimate of drug-likeness (QED) is 0.827. The number of hydrogen-bond acceptors (Lipinski definition) is 3. The van der Waals surface area contributed by atoms with Crippen LogP contribution < -0.4 is 4.72 Å². The van der Waals surface area contributed by atoms with Crippen LogP contribution in [0.4, 0.5) is 4.79 Å². The van der Waals surface area contributed by atoms with Crippen molar-refractivity contribution in [1.82, 2.24) is 9.62 Å². The van der Waals surface area contributed by atoms with Crippen LogP contribution in [0, 0.1) is 5.92 Å². The Balaban J connectivity index is 2.13. The molecule has 1 aromatic rings. The van der Waals surface area contributed by atoms with Gasteiger partial charge in [0, 0.05) is 24.5 Å². The van der Waals surface area contributed by atoms with Crippen molar-refractivity contribution in [2.45, 2.75) is 44.4 Å². The molecule has 1 aliphatic rings. The molecule has 23 heavy (non-hydrogen) atoms. The van der Waals surface area contributed by atoms with E-state index in [1.165, 1.54) is 4.90 Å². The zero-order valence-corrected chi connectivity index (χ0v) is 14.8. The monoisotopic (exact) mass is 338 g/mol. The van der Waals surface area contributed by atoms with Gasteiger partial charge in [-0.25, -0.2) is 4.79 Å². The molecule has 1 heterocycles. The number of amides is 1. The second-order valence-corrected chi connectivity index (χ2v) is 8.99. The van der Waals surface area contributed by atoms with Gasteiger partial charge in [0.05, 0.1) is 6.04 Å². The molecule has 1 fully saturated rings. The lowest BCUT2D eigenvalue weighted by molar-refractivity contribution is 0.118. The van der Waals surface area contributed by atoms with Crippen molar-refractivity contribution < 1.29 is 14.5 Å². The Kier molecular flexibility index (Phi) is 5.95. The highest BCUT2D eigenvalue weighted by Crippen LogP contribution is 2.32. The number of rotatable bonds is 4. The molecule has 1 amide bonds. The minimum absolute atomic E-state index is 0.0211. The number of carbonyl (C=O) groups is 1. The molecule has 5 nitrogen and oxygen atoms in total. The van der Waals surface area contributed by atoms with Crippen molar-refractivity contribution in [3.63, 3.8) is 0 Å². The maximum Gasteiger partial charge on any atom is 0.407 e. The lowest BCUT2D eigenvalue weighted by atomic mass is 9.86. The Morgan fingerprint density at radius 1 is 1.30 bits per heavy atom. The normalized spacial score (nSPS) is 19.4. The van der Waals surface area contributed by atoms with Crippen molar-refractivity contribution in [2.75, 3.05) is 13.1 Å². The molecule has 0 aromatic heterocycles. The minimum Gasteiger partial charge on any atom is -0.598 e. The molecule has 0 unspecified atom stereocenters. The van der Waals surface area contributed by atoms with Crippen LogP contribution in [0.15, 0.2) is 30.3 Å². The largest absolute Gasteiger partial charge is 0.598 e. The SMILES string of the molecule is CC(C)(C)[S@+]([O-])N[C@H](c1ccccc1)C1CCN(C(=O)O)CC1. The fourth-order valence-corrected chi connectivity index (χ4v) is 3.73. The van der Waals surface area contributed by atoms with Crippen molar-refractivity contribution in [2.24, 2.45) is 5.92 Å². The zero-order valence-electron chi connectivity index (χ0n) is 14.0. The first-order chi connectivity index (χ1) is 10.8. The molecule has 2 atom stereocenters. The lowest BCUT2D eigenvalue weighted by Crippen LogP contribution is -2.46. The predicted octanol–water partition coefficient (Wildman–Crippen LogP) is 3.17. The van der Waals surface area contributed by atoms with Crippen molar-refractivity contribution >= 4 is 17.5 Å². The van der Waals surface area contributed by atoms with Crippen molar-refractivity contribution in [1.29, 1.82) is 0 Å². The molecule has 0 bridgehead atoms. The molecule has 1 aliphatic heterocycles. The van der Waals surface area contributed by atoms with Crippen LogP contribution in [0.2, 0.25) is 0 Å². The molecule has 2 rings (SSSR count). The van der Waals surface area contributed by atoms with Crippen LogP contribution in [-0.2, 0) is 11.4 Å². The molecule has 0 radical (unpaired) electrons. The first kappa shape index (κ1) is 18.1. The number of nitrogens with zero attached hydrogens (tertiary/aromatic N) is 1. The standard InChI is InChI=1S/C17H26N2O3S/c1-17(2,3)23(22)18-15(13-7-5-4-6-8-13)14-9-11-19(12-10-14)16(20)21/h4-8,14-15,18H,9-12H2,1-3H3,(H,20,21)/t15-,23+/m1/s1. The molecule has 128 valence electrons. The molecule has 0 spiro atoms. The molecule has 0 saturated carbocycles. The number of likely N-dealkylation sites (tertiary alicyclic amines) is 1. The first-order valence-electron chi connectivity index (χ1n) is 8.00. The van der Waals surface area contributed by atoms with E-state index in [4.69, 9.17) is 5.11 Å². The van der Waals surface area contributed by atoms with Crippen LogP contribution in [0.25, 0.3) is 0 Å². The maximum atomic E-state index is 12.6. The summed E-state index contributed by atoms with van der Waals surface area (Å²) in [6, 6.07) is 10.00. The average molecular weight is 338 g/mol. The summed E-state index contributed by atoms with van der Waals surface area (Å²) in [7, 11) is 0. The third kappa shape index (κ3) is 4.86. The highest BCUT2D eigenvalue weighted by atomic mass is 32.2. The third-order valence-electron chi connectivity index (χ3n) is 4.23. The van der Waals surface area contributed by atoms with Gasteiger partial charge in [-0.3, -0.25) is 0 Å². The highest BCUT2D eigenvalue weighted by molar-refractivity contribution is 7.90. The molecule has 1 saturated heterocycles. The van der Waals surface area contributed by atoms with Crippen LogP contribution >= 0.6 is 0 Å². The van der Waals surface area contributed by atoms with E-state index < -0.39 is 17.5 Å². The summed E-state index contributed by atoms with van der Waals surface area (Å²) in [4.78, 5) is 12.5. The van der Waals surface area contributed by atoms with Gasteiger partial charge < -0.3 is 14.6 Å². The second kappa shape index (κ2) is 7.55. The summed E-state index contributed by atoms with van der Waals surface area (Å²) in [5.41, 5.74) is 1.11. The van der Waals surface area contributed by atoms with Gasteiger partial charge >= 0.3 is 6.09 Å². The van der Waals surface area contributed by atoms with E-state index in [0.29, 0.717) is 13.1 Å². The number of carboxylic acid groups (broad SMARTS) is 1.